The molecule has 3 amide bonds. The van der Waals surface area contributed by atoms with Crippen LogP contribution in [0.3, 0.4) is 0 Å². The summed E-state index contributed by atoms with van der Waals surface area (Å²) in [6, 6.07) is 15.9. The van der Waals surface area contributed by atoms with Crippen LogP contribution in [0.5, 0.6) is 5.75 Å². The maximum Gasteiger partial charge on any atom is 0.321 e. The zero-order valence-electron chi connectivity index (χ0n) is 24.2. The number of para-hydroxylation sites is 1. The molecule has 1 aliphatic heterocycles. The number of hydrogen-bond donors (Lipinski definition) is 1. The van der Waals surface area contributed by atoms with Crippen molar-refractivity contribution in [1.29, 1.82) is 0 Å². The Kier molecular flexibility index (Phi) is 12.4. The molecule has 1 N–H and O–H groups in total. The Labute approximate surface area is 234 Å². The SMILES string of the molecule is CCCCCC(=O)N(CC=Cc1ccccc1OC)CCN1CCN(C(=O)Nc2ccc(C(C)C)cc2)CC1. The monoisotopic (exact) mass is 534 g/mol. The number of hydrogen-bond acceptors (Lipinski definition) is 4. The first kappa shape index (κ1) is 30.2. The highest BCUT2D eigenvalue weighted by Gasteiger charge is 2.22. The Morgan fingerprint density at radius 2 is 1.74 bits per heavy atom. The normalized spacial score (nSPS) is 14.1. The second kappa shape index (κ2) is 15.9. The van der Waals surface area contributed by atoms with Crippen molar-refractivity contribution in [2.24, 2.45) is 0 Å². The van der Waals surface area contributed by atoms with Crippen LogP contribution in [0.25, 0.3) is 6.08 Å². The molecule has 2 aromatic carbocycles. The smallest absolute Gasteiger partial charge is 0.321 e. The average molecular weight is 535 g/mol. The first-order chi connectivity index (χ1) is 18.9. The van der Waals surface area contributed by atoms with Gasteiger partial charge in [0.15, 0.2) is 0 Å². The van der Waals surface area contributed by atoms with E-state index < -0.39 is 0 Å². The number of anilines is 1. The number of methoxy groups -OCH3 is 1. The molecule has 1 fully saturated rings. The molecule has 7 heteroatoms. The third-order valence-corrected chi connectivity index (χ3v) is 7.28. The molecule has 0 atom stereocenters. The molecule has 0 aromatic heterocycles. The van der Waals surface area contributed by atoms with Crippen molar-refractivity contribution in [2.45, 2.75) is 52.4 Å². The lowest BCUT2D eigenvalue weighted by atomic mass is 10.0. The Balaban J connectivity index is 1.49. The van der Waals surface area contributed by atoms with E-state index in [4.69, 9.17) is 4.74 Å². The molecule has 1 saturated heterocycles. The molecule has 0 bridgehead atoms. The van der Waals surface area contributed by atoms with Gasteiger partial charge in [0, 0.05) is 63.5 Å². The predicted octanol–water partition coefficient (Wildman–Crippen LogP) is 6.09. The lowest BCUT2D eigenvalue weighted by Gasteiger charge is -2.35. The van der Waals surface area contributed by atoms with Crippen molar-refractivity contribution in [3.8, 4) is 5.75 Å². The van der Waals surface area contributed by atoms with Gasteiger partial charge in [-0.15, -0.1) is 0 Å². The molecular formula is C32H46N4O3. The first-order valence-corrected chi connectivity index (χ1v) is 14.4. The quantitative estimate of drug-likeness (QED) is 0.316. The van der Waals surface area contributed by atoms with Crippen LogP contribution in [0.4, 0.5) is 10.5 Å². The van der Waals surface area contributed by atoms with Gasteiger partial charge in [-0.05, 0) is 36.1 Å². The third-order valence-electron chi connectivity index (χ3n) is 7.28. The third kappa shape index (κ3) is 9.74. The molecule has 0 unspecified atom stereocenters. The summed E-state index contributed by atoms with van der Waals surface area (Å²) in [5.41, 5.74) is 3.09. The van der Waals surface area contributed by atoms with E-state index in [1.807, 2.05) is 58.4 Å². The highest BCUT2D eigenvalue weighted by molar-refractivity contribution is 5.89. The van der Waals surface area contributed by atoms with Crippen molar-refractivity contribution >= 4 is 23.7 Å². The number of carbonyl (C=O) groups is 2. The van der Waals surface area contributed by atoms with Gasteiger partial charge in [0.1, 0.15) is 5.75 Å². The van der Waals surface area contributed by atoms with Crippen LogP contribution in [-0.2, 0) is 4.79 Å². The lowest BCUT2D eigenvalue weighted by molar-refractivity contribution is -0.131. The minimum atomic E-state index is -0.0545. The molecule has 212 valence electrons. The van der Waals surface area contributed by atoms with Gasteiger partial charge in [0.2, 0.25) is 5.91 Å². The molecule has 0 saturated carbocycles. The van der Waals surface area contributed by atoms with E-state index in [0.29, 0.717) is 38.5 Å². The number of urea groups is 1. The Morgan fingerprint density at radius 1 is 1.03 bits per heavy atom. The average Bonchev–Trinajstić information content (AvgIpc) is 2.95. The topological polar surface area (TPSA) is 65.1 Å². The highest BCUT2D eigenvalue weighted by Crippen LogP contribution is 2.19. The fraction of sp³-hybridized carbons (Fsp3) is 0.500. The first-order valence-electron chi connectivity index (χ1n) is 14.4. The number of nitrogens with zero attached hydrogens (tertiary/aromatic N) is 3. The summed E-state index contributed by atoms with van der Waals surface area (Å²) in [6.07, 6.45) is 7.76. The second-order valence-electron chi connectivity index (χ2n) is 10.5. The summed E-state index contributed by atoms with van der Waals surface area (Å²) in [6.45, 7) is 11.5. The fourth-order valence-electron chi connectivity index (χ4n) is 4.70. The van der Waals surface area contributed by atoms with Crippen LogP contribution in [0, 0.1) is 0 Å². The van der Waals surface area contributed by atoms with Crippen molar-refractivity contribution in [3.63, 3.8) is 0 Å². The summed E-state index contributed by atoms with van der Waals surface area (Å²) < 4.78 is 5.44. The standard InChI is InChI=1S/C32H46N4O3/c1-5-6-7-14-31(37)35(19-10-12-28-11-8-9-13-30(28)39-4)23-20-34-21-24-36(25-22-34)32(38)33-29-17-15-27(16-18-29)26(2)3/h8-13,15-18,26H,5-7,14,19-25H2,1-4H3,(H,33,38). The van der Waals surface area contributed by atoms with Gasteiger partial charge in [0.05, 0.1) is 7.11 Å². The van der Waals surface area contributed by atoms with Crippen LogP contribution < -0.4 is 10.1 Å². The van der Waals surface area contributed by atoms with E-state index in [-0.39, 0.29) is 11.9 Å². The van der Waals surface area contributed by atoms with E-state index in [0.717, 1.165) is 55.9 Å². The summed E-state index contributed by atoms with van der Waals surface area (Å²) in [5.74, 6) is 1.49. The summed E-state index contributed by atoms with van der Waals surface area (Å²) in [4.78, 5) is 32.0. The number of benzene rings is 2. The summed E-state index contributed by atoms with van der Waals surface area (Å²) in [7, 11) is 1.67. The molecule has 0 spiro atoms. The maximum absolute atomic E-state index is 13.0. The Hall–Kier alpha value is -3.32. The van der Waals surface area contributed by atoms with Crippen molar-refractivity contribution in [1.82, 2.24) is 14.7 Å². The molecule has 0 radical (unpaired) electrons. The predicted molar refractivity (Wildman–Crippen MR) is 160 cm³/mol. The molecule has 0 aliphatic carbocycles. The van der Waals surface area contributed by atoms with Gasteiger partial charge >= 0.3 is 6.03 Å². The van der Waals surface area contributed by atoms with E-state index in [9.17, 15) is 9.59 Å². The van der Waals surface area contributed by atoms with Crippen molar-refractivity contribution < 1.29 is 14.3 Å². The van der Waals surface area contributed by atoms with Gasteiger partial charge in [0.25, 0.3) is 0 Å². The van der Waals surface area contributed by atoms with Crippen LogP contribution in [0.2, 0.25) is 0 Å². The molecule has 3 rings (SSSR count). The fourth-order valence-corrected chi connectivity index (χ4v) is 4.70. The zero-order chi connectivity index (χ0) is 28.0. The van der Waals surface area contributed by atoms with Gasteiger partial charge in [-0.3, -0.25) is 9.69 Å². The molecule has 7 nitrogen and oxygen atoms in total. The van der Waals surface area contributed by atoms with Crippen molar-refractivity contribution in [2.75, 3.05) is 58.2 Å². The van der Waals surface area contributed by atoms with Crippen molar-refractivity contribution in [3.05, 3.63) is 65.7 Å². The van der Waals surface area contributed by atoms with E-state index >= 15 is 0 Å². The van der Waals surface area contributed by atoms with Gasteiger partial charge in [-0.1, -0.05) is 76.1 Å². The van der Waals surface area contributed by atoms with E-state index in [1.54, 1.807) is 7.11 Å². The minimum Gasteiger partial charge on any atom is -0.496 e. The highest BCUT2D eigenvalue weighted by atomic mass is 16.5. The number of nitrogens with one attached hydrogen (secondary N) is 1. The number of unbranched alkanes of at least 4 members (excludes halogenated alkanes) is 2. The molecular weight excluding hydrogens is 488 g/mol. The number of ether oxygens (including phenoxy) is 1. The van der Waals surface area contributed by atoms with E-state index in [1.165, 1.54) is 5.56 Å². The number of amides is 3. The molecule has 1 aliphatic rings. The Bertz CT molecular complexity index is 1060. The van der Waals surface area contributed by atoms with Gasteiger partial charge in [-0.25, -0.2) is 4.79 Å². The number of carbonyl (C=O) groups excluding carboxylic acids is 2. The van der Waals surface area contributed by atoms with Crippen LogP contribution >= 0.6 is 0 Å². The number of piperazine rings is 1. The largest absolute Gasteiger partial charge is 0.496 e. The van der Waals surface area contributed by atoms with Crippen LogP contribution in [-0.4, -0.2) is 79.6 Å². The lowest BCUT2D eigenvalue weighted by Crippen LogP contribution is -2.51. The van der Waals surface area contributed by atoms with Crippen LogP contribution in [0.15, 0.2) is 54.6 Å². The minimum absolute atomic E-state index is 0.0545. The number of rotatable bonds is 13. The van der Waals surface area contributed by atoms with Gasteiger partial charge in [-0.2, -0.15) is 0 Å². The summed E-state index contributed by atoms with van der Waals surface area (Å²) >= 11 is 0. The Morgan fingerprint density at radius 3 is 2.41 bits per heavy atom. The second-order valence-corrected chi connectivity index (χ2v) is 10.5. The van der Waals surface area contributed by atoms with Gasteiger partial charge < -0.3 is 19.9 Å². The van der Waals surface area contributed by atoms with Crippen LogP contribution in [0.1, 0.15) is 63.5 Å². The molecule has 1 heterocycles. The van der Waals surface area contributed by atoms with E-state index in [2.05, 4.69) is 43.1 Å². The summed E-state index contributed by atoms with van der Waals surface area (Å²) in [5, 5.41) is 3.03. The maximum atomic E-state index is 13.0. The zero-order valence-corrected chi connectivity index (χ0v) is 24.2. The molecule has 2 aromatic rings. The molecule has 39 heavy (non-hydrogen) atoms.